The van der Waals surface area contributed by atoms with Crippen LogP contribution in [-0.4, -0.2) is 43.2 Å². The van der Waals surface area contributed by atoms with Gasteiger partial charge in [-0.05, 0) is 23.8 Å². The average molecular weight is 338 g/mol. The molecule has 6 nitrogen and oxygen atoms in total. The molecule has 0 bridgehead atoms. The van der Waals surface area contributed by atoms with Crippen molar-refractivity contribution in [3.8, 4) is 11.5 Å². The van der Waals surface area contributed by atoms with Crippen molar-refractivity contribution in [3.05, 3.63) is 59.7 Å². The standard InChI is InChI=1S/C19H18N2O4/c1-24-16-7-8-18(15(11-16)12-22)25-13-19(23)21-10-9-17(20-21)14-5-3-2-4-6-14/h2-8,11-12H,9-10,13H2,1H3. The first kappa shape index (κ1) is 16.7. The molecule has 128 valence electrons. The molecule has 0 atom stereocenters. The zero-order valence-electron chi connectivity index (χ0n) is 13.8. The van der Waals surface area contributed by atoms with E-state index in [-0.39, 0.29) is 12.5 Å². The van der Waals surface area contributed by atoms with Gasteiger partial charge in [0.25, 0.3) is 5.91 Å². The van der Waals surface area contributed by atoms with Gasteiger partial charge < -0.3 is 9.47 Å². The first-order valence-electron chi connectivity index (χ1n) is 7.90. The van der Waals surface area contributed by atoms with Crippen LogP contribution < -0.4 is 9.47 Å². The minimum atomic E-state index is -0.251. The van der Waals surface area contributed by atoms with Crippen LogP contribution in [0.3, 0.4) is 0 Å². The lowest BCUT2D eigenvalue weighted by Gasteiger charge is -2.13. The molecular formula is C19H18N2O4. The molecule has 0 saturated heterocycles. The quantitative estimate of drug-likeness (QED) is 0.759. The number of hydrazone groups is 1. The number of aldehydes is 1. The van der Waals surface area contributed by atoms with Crippen LogP contribution in [0, 0.1) is 0 Å². The van der Waals surface area contributed by atoms with E-state index in [4.69, 9.17) is 9.47 Å². The monoisotopic (exact) mass is 338 g/mol. The Bertz CT molecular complexity index is 802. The number of amides is 1. The molecule has 0 radical (unpaired) electrons. The van der Waals surface area contributed by atoms with Crippen LogP contribution in [0.15, 0.2) is 53.6 Å². The number of carbonyl (C=O) groups is 2. The molecule has 0 aliphatic carbocycles. The second-order valence-corrected chi connectivity index (χ2v) is 5.49. The molecule has 1 amide bonds. The number of ether oxygens (including phenoxy) is 2. The van der Waals surface area contributed by atoms with E-state index in [9.17, 15) is 9.59 Å². The van der Waals surface area contributed by atoms with Gasteiger partial charge in [-0.15, -0.1) is 0 Å². The summed E-state index contributed by atoms with van der Waals surface area (Å²) in [6.45, 7) is 0.342. The molecular weight excluding hydrogens is 320 g/mol. The zero-order chi connectivity index (χ0) is 17.6. The lowest BCUT2D eigenvalue weighted by molar-refractivity contribution is -0.132. The number of hydrogen-bond donors (Lipinski definition) is 0. The molecule has 0 saturated carbocycles. The zero-order valence-corrected chi connectivity index (χ0v) is 13.8. The summed E-state index contributed by atoms with van der Waals surface area (Å²) in [5, 5.41) is 5.78. The Kier molecular flexibility index (Phi) is 5.09. The second kappa shape index (κ2) is 7.61. The SMILES string of the molecule is COc1ccc(OCC(=O)N2CCC(c3ccccc3)=N2)c(C=O)c1. The van der Waals surface area contributed by atoms with E-state index in [0.717, 1.165) is 11.3 Å². The Morgan fingerprint density at radius 3 is 2.76 bits per heavy atom. The van der Waals surface area contributed by atoms with Crippen molar-refractivity contribution in [1.82, 2.24) is 5.01 Å². The first-order chi connectivity index (χ1) is 12.2. The molecule has 0 unspecified atom stereocenters. The van der Waals surface area contributed by atoms with Gasteiger partial charge in [0.2, 0.25) is 0 Å². The Labute approximate surface area is 145 Å². The number of methoxy groups -OCH3 is 1. The highest BCUT2D eigenvalue weighted by atomic mass is 16.5. The summed E-state index contributed by atoms with van der Waals surface area (Å²) in [5.74, 6) is 0.645. The summed E-state index contributed by atoms with van der Waals surface area (Å²) in [6.07, 6.45) is 1.38. The van der Waals surface area contributed by atoms with E-state index in [0.29, 0.717) is 36.3 Å². The summed E-state index contributed by atoms with van der Waals surface area (Å²) in [5.41, 5.74) is 2.23. The van der Waals surface area contributed by atoms with E-state index in [1.165, 1.54) is 12.1 Å². The van der Waals surface area contributed by atoms with Crippen molar-refractivity contribution < 1.29 is 19.1 Å². The summed E-state index contributed by atoms with van der Waals surface area (Å²) >= 11 is 0. The molecule has 2 aromatic carbocycles. The predicted octanol–water partition coefficient (Wildman–Crippen LogP) is 2.52. The lowest BCUT2D eigenvalue weighted by Crippen LogP contribution is -2.29. The van der Waals surface area contributed by atoms with Crippen molar-refractivity contribution in [2.45, 2.75) is 6.42 Å². The Balaban J connectivity index is 1.64. The maximum Gasteiger partial charge on any atom is 0.280 e. The second-order valence-electron chi connectivity index (χ2n) is 5.49. The number of benzene rings is 2. The molecule has 0 fully saturated rings. The topological polar surface area (TPSA) is 68.2 Å². The smallest absolute Gasteiger partial charge is 0.280 e. The van der Waals surface area contributed by atoms with Crippen molar-refractivity contribution in [1.29, 1.82) is 0 Å². The van der Waals surface area contributed by atoms with Gasteiger partial charge >= 0.3 is 0 Å². The van der Waals surface area contributed by atoms with Crippen LogP contribution in [0.5, 0.6) is 11.5 Å². The third-order valence-electron chi connectivity index (χ3n) is 3.89. The number of hydrogen-bond acceptors (Lipinski definition) is 5. The van der Waals surface area contributed by atoms with Gasteiger partial charge in [-0.3, -0.25) is 9.59 Å². The van der Waals surface area contributed by atoms with Gasteiger partial charge in [0.1, 0.15) is 11.5 Å². The number of nitrogens with zero attached hydrogens (tertiary/aromatic N) is 2. The predicted molar refractivity (Wildman–Crippen MR) is 93.2 cm³/mol. The normalized spacial score (nSPS) is 13.3. The third-order valence-corrected chi connectivity index (χ3v) is 3.89. The van der Waals surface area contributed by atoms with E-state index >= 15 is 0 Å². The molecule has 0 aromatic heterocycles. The maximum atomic E-state index is 12.3. The van der Waals surface area contributed by atoms with Crippen LogP contribution >= 0.6 is 0 Å². The summed E-state index contributed by atoms with van der Waals surface area (Å²) < 4.78 is 10.6. The fourth-order valence-corrected chi connectivity index (χ4v) is 2.56. The van der Waals surface area contributed by atoms with Crippen LogP contribution in [0.4, 0.5) is 0 Å². The molecule has 1 aliphatic heterocycles. The van der Waals surface area contributed by atoms with Crippen molar-refractivity contribution in [3.63, 3.8) is 0 Å². The number of rotatable bonds is 6. The highest BCUT2D eigenvalue weighted by Crippen LogP contribution is 2.23. The molecule has 3 rings (SSSR count). The van der Waals surface area contributed by atoms with Crippen molar-refractivity contribution >= 4 is 17.9 Å². The Morgan fingerprint density at radius 1 is 1.24 bits per heavy atom. The fraction of sp³-hybridized carbons (Fsp3) is 0.211. The Hall–Kier alpha value is -3.15. The van der Waals surface area contributed by atoms with E-state index in [2.05, 4.69) is 5.10 Å². The summed E-state index contributed by atoms with van der Waals surface area (Å²) in [7, 11) is 1.52. The van der Waals surface area contributed by atoms with Crippen LogP contribution in [-0.2, 0) is 4.79 Å². The molecule has 1 heterocycles. The van der Waals surface area contributed by atoms with Crippen LogP contribution in [0.1, 0.15) is 22.3 Å². The lowest BCUT2D eigenvalue weighted by atomic mass is 10.1. The van der Waals surface area contributed by atoms with Crippen LogP contribution in [0.2, 0.25) is 0 Å². The van der Waals surface area contributed by atoms with E-state index in [1.54, 1.807) is 18.2 Å². The van der Waals surface area contributed by atoms with Gasteiger partial charge in [0.05, 0.1) is 24.9 Å². The van der Waals surface area contributed by atoms with Crippen molar-refractivity contribution in [2.75, 3.05) is 20.3 Å². The average Bonchev–Trinajstić information content (AvgIpc) is 3.17. The molecule has 0 spiro atoms. The van der Waals surface area contributed by atoms with Gasteiger partial charge in [0, 0.05) is 6.42 Å². The minimum absolute atomic E-state index is 0.182. The molecule has 6 heteroatoms. The van der Waals surface area contributed by atoms with Gasteiger partial charge in [-0.2, -0.15) is 5.10 Å². The largest absolute Gasteiger partial charge is 0.497 e. The van der Waals surface area contributed by atoms with Gasteiger partial charge in [0.15, 0.2) is 12.9 Å². The van der Waals surface area contributed by atoms with Gasteiger partial charge in [-0.1, -0.05) is 30.3 Å². The first-order valence-corrected chi connectivity index (χ1v) is 7.90. The fourth-order valence-electron chi connectivity index (χ4n) is 2.56. The van der Waals surface area contributed by atoms with Crippen LogP contribution in [0.25, 0.3) is 0 Å². The third kappa shape index (κ3) is 3.85. The summed E-state index contributed by atoms with van der Waals surface area (Å²) in [6, 6.07) is 14.6. The highest BCUT2D eigenvalue weighted by Gasteiger charge is 2.22. The van der Waals surface area contributed by atoms with E-state index < -0.39 is 0 Å². The molecule has 1 aliphatic rings. The van der Waals surface area contributed by atoms with Gasteiger partial charge in [-0.25, -0.2) is 5.01 Å². The minimum Gasteiger partial charge on any atom is -0.497 e. The van der Waals surface area contributed by atoms with E-state index in [1.807, 2.05) is 30.3 Å². The maximum absolute atomic E-state index is 12.3. The summed E-state index contributed by atoms with van der Waals surface area (Å²) in [4.78, 5) is 23.4. The highest BCUT2D eigenvalue weighted by molar-refractivity contribution is 6.02. The molecule has 25 heavy (non-hydrogen) atoms. The Morgan fingerprint density at radius 2 is 2.04 bits per heavy atom. The number of carbonyl (C=O) groups excluding carboxylic acids is 2. The van der Waals surface area contributed by atoms with Crippen molar-refractivity contribution in [2.24, 2.45) is 5.10 Å². The molecule has 2 aromatic rings. The molecule has 0 N–H and O–H groups in total.